The van der Waals surface area contributed by atoms with Crippen molar-refractivity contribution >= 4 is 36.4 Å². The van der Waals surface area contributed by atoms with Crippen molar-refractivity contribution in [2.45, 2.75) is 32.5 Å². The van der Waals surface area contributed by atoms with Crippen molar-refractivity contribution in [2.24, 2.45) is 0 Å². The van der Waals surface area contributed by atoms with Crippen LogP contribution in [-0.2, 0) is 22.6 Å². The first kappa shape index (κ1) is 20.2. The van der Waals surface area contributed by atoms with Gasteiger partial charge in [0.05, 0.1) is 6.61 Å². The Morgan fingerprint density at radius 3 is 2.91 bits per heavy atom. The zero-order chi connectivity index (χ0) is 14.7. The third kappa shape index (κ3) is 4.81. The number of carbonyl (C=O) groups excluding carboxylic acids is 1. The van der Waals surface area contributed by atoms with Gasteiger partial charge in [0.15, 0.2) is 0 Å². The standard InChI is InChI=1S/C16H23N3O2.2ClH/c1-2-7-19-10-12-4-3-5-14(13(12)11-19)18-16(20)15-9-17-6-8-21-15;;/h3-5,15,17H,2,6-11H2,1H3,(H,18,20);2*1H/t15-;;/m1../s1. The molecule has 0 spiro atoms. The summed E-state index contributed by atoms with van der Waals surface area (Å²) in [6.07, 6.45) is 0.764. The second-order valence-corrected chi connectivity index (χ2v) is 5.71. The Hall–Kier alpha value is -0.850. The topological polar surface area (TPSA) is 53.6 Å². The van der Waals surface area contributed by atoms with Crippen LogP contribution in [0.2, 0.25) is 0 Å². The summed E-state index contributed by atoms with van der Waals surface area (Å²) in [4.78, 5) is 14.7. The number of carbonyl (C=O) groups is 1. The lowest BCUT2D eigenvalue weighted by Crippen LogP contribution is -2.45. The molecule has 1 saturated heterocycles. The Bertz CT molecular complexity index is 522. The van der Waals surface area contributed by atoms with Crippen LogP contribution in [0.25, 0.3) is 0 Å². The Morgan fingerprint density at radius 2 is 2.22 bits per heavy atom. The molecule has 2 aliphatic rings. The number of fused-ring (bicyclic) bond motifs is 1. The van der Waals surface area contributed by atoms with Crippen LogP contribution in [0.5, 0.6) is 0 Å². The maximum Gasteiger partial charge on any atom is 0.254 e. The van der Waals surface area contributed by atoms with Crippen LogP contribution in [0.3, 0.4) is 0 Å². The number of ether oxygens (including phenoxy) is 1. The molecule has 2 heterocycles. The summed E-state index contributed by atoms with van der Waals surface area (Å²) in [6.45, 7) is 7.18. The van der Waals surface area contributed by atoms with Gasteiger partial charge in [-0.3, -0.25) is 9.69 Å². The molecular weight excluding hydrogens is 337 g/mol. The van der Waals surface area contributed by atoms with Gasteiger partial charge < -0.3 is 15.4 Å². The Morgan fingerprint density at radius 1 is 1.39 bits per heavy atom. The van der Waals surface area contributed by atoms with E-state index in [1.165, 1.54) is 11.1 Å². The molecule has 1 amide bonds. The highest BCUT2D eigenvalue weighted by atomic mass is 35.5. The summed E-state index contributed by atoms with van der Waals surface area (Å²) in [6, 6.07) is 6.16. The fraction of sp³-hybridized carbons (Fsp3) is 0.562. The molecule has 2 N–H and O–H groups in total. The van der Waals surface area contributed by atoms with Crippen LogP contribution in [0.4, 0.5) is 5.69 Å². The molecule has 0 unspecified atom stereocenters. The zero-order valence-corrected chi connectivity index (χ0v) is 15.0. The van der Waals surface area contributed by atoms with Crippen LogP contribution < -0.4 is 10.6 Å². The molecule has 0 saturated carbocycles. The van der Waals surface area contributed by atoms with Crippen LogP contribution in [0, 0.1) is 0 Å². The third-order valence-electron chi connectivity index (χ3n) is 4.07. The van der Waals surface area contributed by atoms with Crippen LogP contribution in [-0.4, -0.2) is 43.2 Å². The van der Waals surface area contributed by atoms with Gasteiger partial charge in [0.1, 0.15) is 6.10 Å². The molecule has 130 valence electrons. The van der Waals surface area contributed by atoms with Crippen LogP contribution in [0.1, 0.15) is 24.5 Å². The van der Waals surface area contributed by atoms with Crippen molar-refractivity contribution in [3.8, 4) is 0 Å². The molecule has 1 aromatic rings. The lowest BCUT2D eigenvalue weighted by atomic mass is 10.1. The van der Waals surface area contributed by atoms with E-state index >= 15 is 0 Å². The summed E-state index contributed by atoms with van der Waals surface area (Å²) >= 11 is 0. The molecule has 23 heavy (non-hydrogen) atoms. The smallest absolute Gasteiger partial charge is 0.254 e. The number of anilines is 1. The molecule has 0 bridgehead atoms. The van der Waals surface area contributed by atoms with Gasteiger partial charge in [-0.2, -0.15) is 0 Å². The zero-order valence-electron chi connectivity index (χ0n) is 13.3. The van der Waals surface area contributed by atoms with E-state index in [1.54, 1.807) is 0 Å². The molecular formula is C16H25Cl2N3O2. The molecule has 7 heteroatoms. The van der Waals surface area contributed by atoms with Crippen molar-refractivity contribution in [2.75, 3.05) is 31.6 Å². The minimum atomic E-state index is -0.386. The van der Waals surface area contributed by atoms with Gasteiger partial charge in [-0.15, -0.1) is 24.8 Å². The first-order chi connectivity index (χ1) is 10.3. The van der Waals surface area contributed by atoms with Gasteiger partial charge in [0.25, 0.3) is 5.91 Å². The molecule has 5 nitrogen and oxygen atoms in total. The van der Waals surface area contributed by atoms with Gasteiger partial charge in [0, 0.05) is 31.9 Å². The van der Waals surface area contributed by atoms with E-state index in [9.17, 15) is 4.79 Å². The number of amides is 1. The number of rotatable bonds is 4. The summed E-state index contributed by atoms with van der Waals surface area (Å²) in [5.41, 5.74) is 3.51. The molecule has 1 fully saturated rings. The summed E-state index contributed by atoms with van der Waals surface area (Å²) < 4.78 is 5.51. The fourth-order valence-corrected chi connectivity index (χ4v) is 3.03. The lowest BCUT2D eigenvalue weighted by Gasteiger charge is -2.23. The lowest BCUT2D eigenvalue weighted by molar-refractivity contribution is -0.128. The van der Waals surface area contributed by atoms with Crippen molar-refractivity contribution in [1.82, 2.24) is 10.2 Å². The second kappa shape index (κ2) is 9.45. The number of benzene rings is 1. The van der Waals surface area contributed by atoms with Crippen molar-refractivity contribution in [1.29, 1.82) is 0 Å². The van der Waals surface area contributed by atoms with Crippen molar-refractivity contribution in [3.63, 3.8) is 0 Å². The minimum Gasteiger partial charge on any atom is -0.366 e. The van der Waals surface area contributed by atoms with Gasteiger partial charge in [-0.1, -0.05) is 19.1 Å². The normalized spacial score (nSPS) is 20.1. The number of nitrogens with zero attached hydrogens (tertiary/aromatic N) is 1. The first-order valence-electron chi connectivity index (χ1n) is 7.74. The Kier molecular flexibility index (Phi) is 8.29. The highest BCUT2D eigenvalue weighted by molar-refractivity contribution is 5.95. The number of hydrogen-bond donors (Lipinski definition) is 2. The maximum atomic E-state index is 12.3. The Balaban J connectivity index is 0.00000132. The monoisotopic (exact) mass is 361 g/mol. The summed E-state index contributed by atoms with van der Waals surface area (Å²) in [5.74, 6) is -0.0514. The van der Waals surface area contributed by atoms with Crippen LogP contribution >= 0.6 is 24.8 Å². The van der Waals surface area contributed by atoms with E-state index in [0.717, 1.165) is 38.3 Å². The predicted octanol–water partition coefficient (Wildman–Crippen LogP) is 2.18. The molecule has 0 radical (unpaired) electrons. The van der Waals surface area contributed by atoms with Gasteiger partial charge in [-0.25, -0.2) is 0 Å². The van der Waals surface area contributed by atoms with Gasteiger partial charge in [0.2, 0.25) is 0 Å². The minimum absolute atomic E-state index is 0. The third-order valence-corrected chi connectivity index (χ3v) is 4.07. The molecule has 1 aromatic carbocycles. The SMILES string of the molecule is CCCN1Cc2cccc(NC(=O)[C@H]3CNCCO3)c2C1.Cl.Cl. The highest BCUT2D eigenvalue weighted by Gasteiger charge is 2.25. The number of hydrogen-bond acceptors (Lipinski definition) is 4. The van der Waals surface area contributed by atoms with E-state index in [0.29, 0.717) is 13.2 Å². The molecule has 0 aromatic heterocycles. The van der Waals surface area contributed by atoms with E-state index < -0.39 is 0 Å². The molecule has 2 aliphatic heterocycles. The van der Waals surface area contributed by atoms with Gasteiger partial charge >= 0.3 is 0 Å². The molecule has 0 aliphatic carbocycles. The van der Waals surface area contributed by atoms with E-state index in [2.05, 4.69) is 28.5 Å². The average Bonchev–Trinajstić information content (AvgIpc) is 2.92. The largest absolute Gasteiger partial charge is 0.366 e. The second-order valence-electron chi connectivity index (χ2n) is 5.71. The van der Waals surface area contributed by atoms with Crippen molar-refractivity contribution < 1.29 is 9.53 Å². The van der Waals surface area contributed by atoms with E-state index in [-0.39, 0.29) is 36.8 Å². The molecule has 1 atom stereocenters. The number of nitrogens with one attached hydrogen (secondary N) is 2. The Labute approximate surface area is 150 Å². The number of halogens is 2. The maximum absolute atomic E-state index is 12.3. The summed E-state index contributed by atoms with van der Waals surface area (Å²) in [5, 5.41) is 6.23. The van der Waals surface area contributed by atoms with Crippen LogP contribution in [0.15, 0.2) is 18.2 Å². The quantitative estimate of drug-likeness (QED) is 0.862. The number of morpholine rings is 1. The average molecular weight is 362 g/mol. The summed E-state index contributed by atoms with van der Waals surface area (Å²) in [7, 11) is 0. The van der Waals surface area contributed by atoms with Gasteiger partial charge in [-0.05, 0) is 30.2 Å². The van der Waals surface area contributed by atoms with E-state index in [1.807, 2.05) is 12.1 Å². The first-order valence-corrected chi connectivity index (χ1v) is 7.74. The molecule has 3 rings (SSSR count). The van der Waals surface area contributed by atoms with Crippen molar-refractivity contribution in [3.05, 3.63) is 29.3 Å². The fourth-order valence-electron chi connectivity index (χ4n) is 3.03. The highest BCUT2D eigenvalue weighted by Crippen LogP contribution is 2.29. The predicted molar refractivity (Wildman–Crippen MR) is 96.6 cm³/mol. The van der Waals surface area contributed by atoms with E-state index in [4.69, 9.17) is 4.74 Å².